The number of para-hydroxylation sites is 2. The summed E-state index contributed by atoms with van der Waals surface area (Å²) in [6.45, 7) is 0. The van der Waals surface area contributed by atoms with Crippen LogP contribution in [-0.4, -0.2) is 36.4 Å². The van der Waals surface area contributed by atoms with Gasteiger partial charge >= 0.3 is 5.91 Å². The average molecular weight is 464 g/mol. The Balaban J connectivity index is 1.27. The van der Waals surface area contributed by atoms with Crippen molar-refractivity contribution in [3.8, 4) is 22.8 Å². The Kier molecular flexibility index (Phi) is 6.12. The molecule has 0 aliphatic carbocycles. The summed E-state index contributed by atoms with van der Waals surface area (Å²) in [5, 5.41) is 8.66. The fourth-order valence-electron chi connectivity index (χ4n) is 3.52. The molecule has 2 N–H and O–H groups in total. The Morgan fingerprint density at radius 1 is 0.771 bits per heavy atom. The van der Waals surface area contributed by atoms with Crippen molar-refractivity contribution in [3.05, 3.63) is 115 Å². The number of nitrogens with zero attached hydrogens (tertiary/aromatic N) is 5. The maximum absolute atomic E-state index is 12.7. The first kappa shape index (κ1) is 21.8. The van der Waals surface area contributed by atoms with Crippen molar-refractivity contribution < 1.29 is 9.59 Å². The highest BCUT2D eigenvalue weighted by atomic mass is 16.2. The molecule has 0 spiro atoms. The molecule has 0 radical (unpaired) electrons. The quantitative estimate of drug-likeness (QED) is 0.376. The van der Waals surface area contributed by atoms with E-state index in [1.807, 2.05) is 91.0 Å². The summed E-state index contributed by atoms with van der Waals surface area (Å²) in [6, 6.07) is 28.5. The smallest absolute Gasteiger partial charge is 0.273 e. The van der Waals surface area contributed by atoms with E-state index < -0.39 is 11.8 Å². The highest BCUT2D eigenvalue weighted by molar-refractivity contribution is 5.92. The number of carbonyl (C=O) groups is 2. The number of hydrazine groups is 1. The molecule has 2 heterocycles. The second-order valence-electron chi connectivity index (χ2n) is 7.68. The fourth-order valence-corrected chi connectivity index (χ4v) is 3.52. The number of nitrogens with one attached hydrogen (secondary N) is 2. The van der Waals surface area contributed by atoms with Gasteiger partial charge in [0.2, 0.25) is 11.7 Å². The highest BCUT2D eigenvalue weighted by Gasteiger charge is 2.19. The van der Waals surface area contributed by atoms with Crippen LogP contribution in [0.2, 0.25) is 0 Å². The third kappa shape index (κ3) is 4.98. The van der Waals surface area contributed by atoms with Crippen LogP contribution in [0.4, 0.5) is 0 Å². The molecule has 0 unspecified atom stereocenters. The molecule has 5 aromatic rings. The average Bonchev–Trinajstić information content (AvgIpc) is 3.57. The van der Waals surface area contributed by atoms with Gasteiger partial charge in [-0.05, 0) is 29.8 Å². The second-order valence-corrected chi connectivity index (χ2v) is 7.68. The molecule has 0 saturated heterocycles. The number of amides is 2. The summed E-state index contributed by atoms with van der Waals surface area (Å²) in [4.78, 5) is 29.6. The molecule has 5 rings (SSSR count). The van der Waals surface area contributed by atoms with Gasteiger partial charge in [0.15, 0.2) is 5.82 Å². The molecule has 0 aliphatic heterocycles. The summed E-state index contributed by atoms with van der Waals surface area (Å²) >= 11 is 0. The van der Waals surface area contributed by atoms with Crippen LogP contribution < -0.4 is 10.9 Å². The standard InChI is InChI=1S/C26H21N7O2/c34-23(16-19-17-27-32(18-19)21-12-6-2-7-13-21)29-30-26(35)24-28-25(20-10-4-1-5-11-20)33(31-24)22-14-8-3-9-15-22/h1-15,17-18H,16H2,(H,29,34)(H,30,35). The lowest BCUT2D eigenvalue weighted by Gasteiger charge is -2.05. The Hall–Kier alpha value is -5.05. The van der Waals surface area contributed by atoms with Gasteiger partial charge in [-0.25, -0.2) is 14.3 Å². The minimum Gasteiger partial charge on any atom is -0.273 e. The molecule has 2 aromatic heterocycles. The Labute approximate surface area is 201 Å². The van der Waals surface area contributed by atoms with Crippen LogP contribution in [0.3, 0.4) is 0 Å². The normalized spacial score (nSPS) is 10.6. The molecule has 9 nitrogen and oxygen atoms in total. The fraction of sp³-hybridized carbons (Fsp3) is 0.0385. The summed E-state index contributed by atoms with van der Waals surface area (Å²) in [6.07, 6.45) is 3.43. The summed E-state index contributed by atoms with van der Waals surface area (Å²) in [7, 11) is 0. The highest BCUT2D eigenvalue weighted by Crippen LogP contribution is 2.20. The number of hydrogen-bond donors (Lipinski definition) is 2. The van der Waals surface area contributed by atoms with Gasteiger partial charge in [0.25, 0.3) is 0 Å². The lowest BCUT2D eigenvalue weighted by molar-refractivity contribution is -0.121. The van der Waals surface area contributed by atoms with Gasteiger partial charge in [-0.1, -0.05) is 66.7 Å². The molecule has 0 fully saturated rings. The lowest BCUT2D eigenvalue weighted by atomic mass is 10.2. The molecule has 9 heteroatoms. The summed E-state index contributed by atoms with van der Waals surface area (Å²) in [5.74, 6) is -0.562. The number of benzene rings is 3. The molecule has 0 atom stereocenters. The van der Waals surface area contributed by atoms with Gasteiger partial charge < -0.3 is 0 Å². The van der Waals surface area contributed by atoms with E-state index in [9.17, 15) is 9.59 Å². The van der Waals surface area contributed by atoms with Crippen molar-refractivity contribution in [1.29, 1.82) is 0 Å². The summed E-state index contributed by atoms with van der Waals surface area (Å²) < 4.78 is 3.29. The van der Waals surface area contributed by atoms with E-state index in [0.29, 0.717) is 11.4 Å². The topological polar surface area (TPSA) is 107 Å². The van der Waals surface area contributed by atoms with Crippen LogP contribution in [0.15, 0.2) is 103 Å². The molecule has 172 valence electrons. The van der Waals surface area contributed by atoms with Gasteiger partial charge in [0, 0.05) is 11.8 Å². The Bertz CT molecular complexity index is 1390. The number of carbonyl (C=O) groups excluding carboxylic acids is 2. The van der Waals surface area contributed by atoms with Crippen LogP contribution in [0.1, 0.15) is 16.2 Å². The maximum Gasteiger partial charge on any atom is 0.309 e. The Morgan fingerprint density at radius 2 is 1.40 bits per heavy atom. The van der Waals surface area contributed by atoms with Gasteiger partial charge in [-0.15, -0.1) is 5.10 Å². The maximum atomic E-state index is 12.7. The first-order valence-electron chi connectivity index (χ1n) is 10.9. The van der Waals surface area contributed by atoms with Crippen LogP contribution in [0.25, 0.3) is 22.8 Å². The van der Waals surface area contributed by atoms with E-state index in [0.717, 1.165) is 16.9 Å². The van der Waals surface area contributed by atoms with Crippen molar-refractivity contribution in [2.45, 2.75) is 6.42 Å². The zero-order chi connectivity index (χ0) is 24.0. The SMILES string of the molecule is O=C(Cc1cnn(-c2ccccc2)c1)NNC(=O)c1nc(-c2ccccc2)n(-c2ccccc2)n1. The first-order valence-corrected chi connectivity index (χ1v) is 10.9. The molecule has 35 heavy (non-hydrogen) atoms. The van der Waals surface area contributed by atoms with E-state index in [1.54, 1.807) is 21.8 Å². The predicted octanol–water partition coefficient (Wildman–Crippen LogP) is 3.12. The second kappa shape index (κ2) is 9.84. The monoisotopic (exact) mass is 463 g/mol. The van der Waals surface area contributed by atoms with E-state index in [1.165, 1.54) is 0 Å². The molecule has 3 aromatic carbocycles. The third-order valence-corrected chi connectivity index (χ3v) is 5.18. The molecule has 2 amide bonds. The molecule has 0 saturated carbocycles. The first-order chi connectivity index (χ1) is 17.2. The predicted molar refractivity (Wildman–Crippen MR) is 130 cm³/mol. The third-order valence-electron chi connectivity index (χ3n) is 5.18. The zero-order valence-electron chi connectivity index (χ0n) is 18.6. The van der Waals surface area contributed by atoms with E-state index >= 15 is 0 Å². The van der Waals surface area contributed by atoms with Gasteiger partial charge in [0.05, 0.1) is 24.0 Å². The summed E-state index contributed by atoms with van der Waals surface area (Å²) in [5.41, 5.74) is 7.99. The number of aromatic nitrogens is 5. The lowest BCUT2D eigenvalue weighted by Crippen LogP contribution is -2.42. The van der Waals surface area contributed by atoms with Gasteiger partial charge in [-0.2, -0.15) is 5.10 Å². The molecule has 0 aliphatic rings. The molecule has 0 bridgehead atoms. The molecular formula is C26H21N7O2. The zero-order valence-corrected chi connectivity index (χ0v) is 18.6. The molecular weight excluding hydrogens is 442 g/mol. The number of rotatable bonds is 6. The largest absolute Gasteiger partial charge is 0.309 e. The van der Waals surface area contributed by atoms with Gasteiger partial charge in [-0.3, -0.25) is 20.4 Å². The van der Waals surface area contributed by atoms with E-state index in [4.69, 9.17) is 0 Å². The van der Waals surface area contributed by atoms with E-state index in [2.05, 4.69) is 26.0 Å². The van der Waals surface area contributed by atoms with Crippen LogP contribution >= 0.6 is 0 Å². The Morgan fingerprint density at radius 3 is 2.09 bits per heavy atom. The van der Waals surface area contributed by atoms with Crippen molar-refractivity contribution in [2.24, 2.45) is 0 Å². The minimum absolute atomic E-state index is 0.0499. The van der Waals surface area contributed by atoms with Crippen molar-refractivity contribution in [3.63, 3.8) is 0 Å². The number of hydrogen-bond acceptors (Lipinski definition) is 5. The van der Waals surface area contributed by atoms with Crippen molar-refractivity contribution in [2.75, 3.05) is 0 Å². The van der Waals surface area contributed by atoms with Crippen molar-refractivity contribution >= 4 is 11.8 Å². The minimum atomic E-state index is -0.620. The van der Waals surface area contributed by atoms with E-state index in [-0.39, 0.29) is 12.2 Å². The van der Waals surface area contributed by atoms with Crippen LogP contribution in [-0.2, 0) is 11.2 Å². The van der Waals surface area contributed by atoms with Crippen LogP contribution in [0, 0.1) is 0 Å². The van der Waals surface area contributed by atoms with Crippen LogP contribution in [0.5, 0.6) is 0 Å². The van der Waals surface area contributed by atoms with Gasteiger partial charge in [0.1, 0.15) is 0 Å². The van der Waals surface area contributed by atoms with Crippen molar-refractivity contribution in [1.82, 2.24) is 35.4 Å².